The van der Waals surface area contributed by atoms with Gasteiger partial charge < -0.3 is 4.98 Å². The first-order valence-corrected chi connectivity index (χ1v) is 7.10. The summed E-state index contributed by atoms with van der Waals surface area (Å²) in [5.74, 6) is 0.293. The van der Waals surface area contributed by atoms with Gasteiger partial charge in [0.25, 0.3) is 5.56 Å². The third-order valence-corrected chi connectivity index (χ3v) is 3.72. The van der Waals surface area contributed by atoms with Crippen molar-refractivity contribution in [1.29, 1.82) is 0 Å². The van der Waals surface area contributed by atoms with Crippen LogP contribution in [0.25, 0.3) is 33.3 Å². The molecule has 0 aliphatic rings. The summed E-state index contributed by atoms with van der Waals surface area (Å²) in [6, 6.07) is 16.3. The highest BCUT2D eigenvalue weighted by Crippen LogP contribution is 2.22. The molecule has 110 valence electrons. The van der Waals surface area contributed by atoms with Gasteiger partial charge in [-0.2, -0.15) is 0 Å². The van der Waals surface area contributed by atoms with Crippen molar-refractivity contribution in [1.82, 2.24) is 15.0 Å². The molecule has 5 nitrogen and oxygen atoms in total. The molecule has 0 atom stereocenters. The van der Waals surface area contributed by atoms with Gasteiger partial charge in [0.1, 0.15) is 5.69 Å². The fourth-order valence-electron chi connectivity index (χ4n) is 2.61. The molecule has 0 bridgehead atoms. The zero-order valence-corrected chi connectivity index (χ0v) is 12.0. The minimum atomic E-state index is -0.252. The van der Waals surface area contributed by atoms with Crippen LogP contribution in [0.4, 0.5) is 0 Å². The Labute approximate surface area is 130 Å². The van der Waals surface area contributed by atoms with E-state index in [1.807, 2.05) is 30.3 Å². The van der Waals surface area contributed by atoms with E-state index in [2.05, 4.69) is 15.0 Å². The quantitative estimate of drug-likeness (QED) is 0.578. The molecule has 1 N–H and O–H groups in total. The van der Waals surface area contributed by atoms with Gasteiger partial charge in [-0.15, -0.1) is 0 Å². The Kier molecular flexibility index (Phi) is 2.98. The molecule has 0 aliphatic carbocycles. The van der Waals surface area contributed by atoms with Crippen molar-refractivity contribution in [2.45, 2.75) is 0 Å². The second-order valence-electron chi connectivity index (χ2n) is 5.17. The first kappa shape index (κ1) is 13.3. The molecule has 0 unspecified atom stereocenters. The molecule has 2 aromatic carbocycles. The highest BCUT2D eigenvalue weighted by molar-refractivity contribution is 5.93. The zero-order valence-electron chi connectivity index (χ0n) is 12.0. The molecule has 23 heavy (non-hydrogen) atoms. The van der Waals surface area contributed by atoms with Gasteiger partial charge in [0.05, 0.1) is 16.4 Å². The van der Waals surface area contributed by atoms with Crippen LogP contribution in [0.3, 0.4) is 0 Å². The molecule has 0 spiro atoms. The van der Waals surface area contributed by atoms with Crippen molar-refractivity contribution in [3.8, 4) is 11.5 Å². The van der Waals surface area contributed by atoms with Gasteiger partial charge in [-0.1, -0.05) is 30.3 Å². The molecule has 0 saturated heterocycles. The van der Waals surface area contributed by atoms with E-state index in [-0.39, 0.29) is 5.56 Å². The molecule has 0 radical (unpaired) electrons. The van der Waals surface area contributed by atoms with Crippen molar-refractivity contribution in [3.63, 3.8) is 0 Å². The standard InChI is InChI=1S/C18H11N3O2/c22-10-12-9-11-5-1-3-7-14(11)19-16(12)17-20-15-8-4-2-6-13(15)18(23)21-17/h1-10H,(H,20,21,23). The molecule has 4 rings (SSSR count). The summed E-state index contributed by atoms with van der Waals surface area (Å²) in [5.41, 5.74) is 1.82. The lowest BCUT2D eigenvalue weighted by molar-refractivity contribution is 0.112. The molecular weight excluding hydrogens is 290 g/mol. The molecule has 0 amide bonds. The molecule has 4 aromatic rings. The van der Waals surface area contributed by atoms with E-state index in [0.29, 0.717) is 28.0 Å². The Morgan fingerprint density at radius 2 is 1.65 bits per heavy atom. The first-order chi connectivity index (χ1) is 11.3. The number of carbonyl (C=O) groups excluding carboxylic acids is 1. The van der Waals surface area contributed by atoms with Crippen LogP contribution in [0, 0.1) is 0 Å². The molecule has 2 heterocycles. The maximum Gasteiger partial charge on any atom is 0.259 e. The third-order valence-electron chi connectivity index (χ3n) is 3.72. The number of pyridine rings is 1. The lowest BCUT2D eigenvalue weighted by atomic mass is 10.1. The zero-order chi connectivity index (χ0) is 15.8. The van der Waals surface area contributed by atoms with E-state index in [4.69, 9.17) is 0 Å². The van der Waals surface area contributed by atoms with Crippen LogP contribution >= 0.6 is 0 Å². The Hall–Kier alpha value is -3.34. The molecular formula is C18H11N3O2. The molecule has 2 aromatic heterocycles. The Bertz CT molecular complexity index is 1120. The second-order valence-corrected chi connectivity index (χ2v) is 5.17. The first-order valence-electron chi connectivity index (χ1n) is 7.10. The van der Waals surface area contributed by atoms with Gasteiger partial charge in [0.15, 0.2) is 12.1 Å². The lowest BCUT2D eigenvalue weighted by Crippen LogP contribution is -2.10. The van der Waals surface area contributed by atoms with Crippen molar-refractivity contribution < 1.29 is 4.79 Å². The summed E-state index contributed by atoms with van der Waals surface area (Å²) in [6.07, 6.45) is 0.726. The maximum atomic E-state index is 12.2. The minimum absolute atomic E-state index is 0.252. The van der Waals surface area contributed by atoms with E-state index in [1.54, 1.807) is 24.3 Å². The fraction of sp³-hybridized carbons (Fsp3) is 0. The number of nitrogens with zero attached hydrogens (tertiary/aromatic N) is 2. The molecule has 5 heteroatoms. The number of aromatic amines is 1. The number of fused-ring (bicyclic) bond motifs is 2. The summed E-state index contributed by atoms with van der Waals surface area (Å²) in [4.78, 5) is 35.3. The van der Waals surface area contributed by atoms with Crippen LogP contribution in [-0.4, -0.2) is 21.2 Å². The topological polar surface area (TPSA) is 75.7 Å². The number of hydrogen-bond acceptors (Lipinski definition) is 4. The molecule has 0 fully saturated rings. The third kappa shape index (κ3) is 2.19. The van der Waals surface area contributed by atoms with Gasteiger partial charge in [0.2, 0.25) is 0 Å². The number of carbonyl (C=O) groups is 1. The van der Waals surface area contributed by atoms with Gasteiger partial charge in [0, 0.05) is 10.9 Å². The average Bonchev–Trinajstić information content (AvgIpc) is 2.60. The summed E-state index contributed by atoms with van der Waals surface area (Å²) < 4.78 is 0. The van der Waals surface area contributed by atoms with Crippen LogP contribution < -0.4 is 5.56 Å². The normalized spacial score (nSPS) is 11.0. The van der Waals surface area contributed by atoms with Crippen molar-refractivity contribution >= 4 is 28.1 Å². The largest absolute Gasteiger partial charge is 0.305 e. The van der Waals surface area contributed by atoms with Crippen molar-refractivity contribution in [2.24, 2.45) is 0 Å². The summed E-state index contributed by atoms with van der Waals surface area (Å²) in [6.45, 7) is 0. The number of H-pyrrole nitrogens is 1. The SMILES string of the molecule is O=Cc1cc2ccccc2nc1-c1nc2ccccc2c(=O)[nH]1. The number of hydrogen-bond donors (Lipinski definition) is 1. The average molecular weight is 301 g/mol. The number of benzene rings is 2. The van der Waals surface area contributed by atoms with Crippen molar-refractivity contribution in [2.75, 3.05) is 0 Å². The van der Waals surface area contributed by atoms with Gasteiger partial charge in [-0.05, 0) is 24.3 Å². The number of aromatic nitrogens is 3. The number of rotatable bonds is 2. The van der Waals surface area contributed by atoms with Crippen LogP contribution in [0.15, 0.2) is 59.4 Å². The van der Waals surface area contributed by atoms with Crippen molar-refractivity contribution in [3.05, 3.63) is 70.5 Å². The van der Waals surface area contributed by atoms with E-state index in [9.17, 15) is 9.59 Å². The predicted molar refractivity (Wildman–Crippen MR) is 88.5 cm³/mol. The Morgan fingerprint density at radius 1 is 0.913 bits per heavy atom. The molecule has 0 aliphatic heterocycles. The van der Waals surface area contributed by atoms with E-state index in [0.717, 1.165) is 17.2 Å². The van der Waals surface area contributed by atoms with Crippen LogP contribution in [0.1, 0.15) is 10.4 Å². The van der Waals surface area contributed by atoms with Crippen LogP contribution in [0.5, 0.6) is 0 Å². The van der Waals surface area contributed by atoms with Gasteiger partial charge >= 0.3 is 0 Å². The fourth-order valence-corrected chi connectivity index (χ4v) is 2.61. The van der Waals surface area contributed by atoms with E-state index < -0.39 is 0 Å². The summed E-state index contributed by atoms with van der Waals surface area (Å²) >= 11 is 0. The van der Waals surface area contributed by atoms with Crippen LogP contribution in [0.2, 0.25) is 0 Å². The second kappa shape index (κ2) is 5.14. The van der Waals surface area contributed by atoms with Crippen LogP contribution in [-0.2, 0) is 0 Å². The van der Waals surface area contributed by atoms with E-state index >= 15 is 0 Å². The van der Waals surface area contributed by atoms with E-state index in [1.165, 1.54) is 0 Å². The number of nitrogens with one attached hydrogen (secondary N) is 1. The predicted octanol–water partition coefficient (Wildman–Crippen LogP) is 2.95. The Balaban J connectivity index is 2.05. The molecule has 0 saturated carbocycles. The Morgan fingerprint density at radius 3 is 2.48 bits per heavy atom. The number of para-hydroxylation sites is 2. The highest BCUT2D eigenvalue weighted by Gasteiger charge is 2.12. The van der Waals surface area contributed by atoms with Gasteiger partial charge in [-0.25, -0.2) is 9.97 Å². The monoisotopic (exact) mass is 301 g/mol. The minimum Gasteiger partial charge on any atom is -0.305 e. The maximum absolute atomic E-state index is 12.2. The summed E-state index contributed by atoms with van der Waals surface area (Å²) in [5, 5.41) is 1.37. The number of aldehydes is 1. The van der Waals surface area contributed by atoms with Gasteiger partial charge in [-0.3, -0.25) is 9.59 Å². The lowest BCUT2D eigenvalue weighted by Gasteiger charge is -2.07. The highest BCUT2D eigenvalue weighted by atomic mass is 16.1. The summed E-state index contributed by atoms with van der Waals surface area (Å²) in [7, 11) is 0. The smallest absolute Gasteiger partial charge is 0.259 e.